The molecule has 3 aliphatic rings. The normalized spacial score (nSPS) is 19.7. The van der Waals surface area contributed by atoms with Crippen LogP contribution in [0.5, 0.6) is 0 Å². The molecule has 2 heterocycles. The lowest BCUT2D eigenvalue weighted by Gasteiger charge is -2.31. The third-order valence-corrected chi connectivity index (χ3v) is 6.32. The average Bonchev–Trinajstić information content (AvgIpc) is 3.44. The summed E-state index contributed by atoms with van der Waals surface area (Å²) in [6.45, 7) is 2.53. The smallest absolute Gasteiger partial charge is 0.276 e. The van der Waals surface area contributed by atoms with Crippen LogP contribution in [0.25, 0.3) is 6.08 Å². The Bertz CT molecular complexity index is 1420. The van der Waals surface area contributed by atoms with E-state index in [4.69, 9.17) is 4.74 Å². The Balaban J connectivity index is 1.49. The van der Waals surface area contributed by atoms with Crippen LogP contribution in [0.2, 0.25) is 0 Å². The van der Waals surface area contributed by atoms with Crippen LogP contribution in [0.15, 0.2) is 69.5 Å². The van der Waals surface area contributed by atoms with Crippen LogP contribution in [-0.2, 0) is 9.53 Å². The Labute approximate surface area is 210 Å². The zero-order chi connectivity index (χ0) is 25.9. The van der Waals surface area contributed by atoms with Gasteiger partial charge in [-0.3, -0.25) is 25.0 Å². The van der Waals surface area contributed by atoms with Gasteiger partial charge in [-0.05, 0) is 41.7 Å². The van der Waals surface area contributed by atoms with Gasteiger partial charge in [-0.15, -0.1) is 5.10 Å². The molecule has 2 aliphatic heterocycles. The van der Waals surface area contributed by atoms with Crippen molar-refractivity contribution in [3.05, 3.63) is 90.7 Å². The zero-order valence-electron chi connectivity index (χ0n) is 19.6. The molecule has 37 heavy (non-hydrogen) atoms. The lowest BCUT2D eigenvalue weighted by atomic mass is 10.1. The lowest BCUT2D eigenvalue weighted by molar-refractivity contribution is -0.385. The molecule has 12 heteroatoms. The summed E-state index contributed by atoms with van der Waals surface area (Å²) in [6.07, 6.45) is 4.94. The average molecular weight is 502 g/mol. The fraction of sp³-hybridized carbons (Fsp3) is 0.240. The molecule has 0 radical (unpaired) electrons. The Morgan fingerprint density at radius 1 is 1.00 bits per heavy atom. The maximum absolute atomic E-state index is 12.4. The highest BCUT2D eigenvalue weighted by atomic mass is 16.6. The van der Waals surface area contributed by atoms with Crippen molar-refractivity contribution in [2.24, 2.45) is 10.2 Å². The minimum atomic E-state index is -0.531. The fourth-order valence-electron chi connectivity index (χ4n) is 4.61. The van der Waals surface area contributed by atoms with Gasteiger partial charge < -0.3 is 15.0 Å². The van der Waals surface area contributed by atoms with Crippen molar-refractivity contribution in [3.63, 3.8) is 0 Å². The molecular formula is C25H22N6O6. The molecule has 1 fully saturated rings. The van der Waals surface area contributed by atoms with Gasteiger partial charge in [0.2, 0.25) is 0 Å². The molecule has 0 saturated carbocycles. The summed E-state index contributed by atoms with van der Waals surface area (Å²) in [5, 5.41) is 33.3. The molecule has 188 valence electrons. The number of fused-ring (bicyclic) bond motifs is 1. The van der Waals surface area contributed by atoms with Crippen LogP contribution in [0.1, 0.15) is 24.0 Å². The number of rotatable bonds is 6. The highest BCUT2D eigenvalue weighted by Crippen LogP contribution is 2.35. The quantitative estimate of drug-likeness (QED) is 0.359. The highest BCUT2D eigenvalue weighted by molar-refractivity contribution is 6.53. The molecule has 0 unspecified atom stereocenters. The van der Waals surface area contributed by atoms with Gasteiger partial charge in [0.15, 0.2) is 5.71 Å². The fourth-order valence-corrected chi connectivity index (χ4v) is 4.61. The largest absolute Gasteiger partial charge is 0.378 e. The van der Waals surface area contributed by atoms with E-state index in [0.717, 1.165) is 22.4 Å². The van der Waals surface area contributed by atoms with Crippen LogP contribution in [0.4, 0.5) is 17.1 Å². The molecule has 0 spiro atoms. The summed E-state index contributed by atoms with van der Waals surface area (Å²) >= 11 is 0. The number of benzene rings is 2. The van der Waals surface area contributed by atoms with Gasteiger partial charge in [-0.1, -0.05) is 12.1 Å². The predicted octanol–water partition coefficient (Wildman–Crippen LogP) is 3.69. The van der Waals surface area contributed by atoms with Crippen LogP contribution in [-0.4, -0.2) is 58.9 Å². The van der Waals surface area contributed by atoms with Crippen molar-refractivity contribution >= 4 is 41.0 Å². The monoisotopic (exact) mass is 502 g/mol. The first-order valence-electron chi connectivity index (χ1n) is 11.6. The van der Waals surface area contributed by atoms with Gasteiger partial charge in [-0.2, -0.15) is 5.10 Å². The second kappa shape index (κ2) is 10.1. The van der Waals surface area contributed by atoms with Crippen LogP contribution < -0.4 is 5.32 Å². The Hall–Kier alpha value is -4.71. The second-order valence-corrected chi connectivity index (χ2v) is 8.63. The Morgan fingerprint density at radius 2 is 1.76 bits per heavy atom. The number of allylic oxidation sites excluding steroid dienone is 2. The molecule has 2 aromatic rings. The number of amides is 1. The molecule has 1 aliphatic carbocycles. The number of carbonyl (C=O) groups is 1. The molecule has 1 saturated heterocycles. The van der Waals surface area contributed by atoms with Gasteiger partial charge in [0.1, 0.15) is 0 Å². The predicted molar refractivity (Wildman–Crippen MR) is 136 cm³/mol. The molecule has 0 atom stereocenters. The van der Waals surface area contributed by atoms with Gasteiger partial charge in [0, 0.05) is 48.6 Å². The SMILES string of the molecule is O=C1Nc2ccc([N+](=O)[O-])cc2C1=NN=CC1=C(N2CCOCC2)/C(=C\c2cccc([N+](=O)[O-])c2)CC1. The van der Waals surface area contributed by atoms with E-state index in [2.05, 4.69) is 20.4 Å². The van der Waals surface area contributed by atoms with E-state index in [-0.39, 0.29) is 17.1 Å². The molecule has 0 aromatic heterocycles. The topological polar surface area (TPSA) is 153 Å². The van der Waals surface area contributed by atoms with Crippen molar-refractivity contribution in [1.29, 1.82) is 0 Å². The van der Waals surface area contributed by atoms with Crippen molar-refractivity contribution in [3.8, 4) is 0 Å². The summed E-state index contributed by atoms with van der Waals surface area (Å²) < 4.78 is 5.50. The summed E-state index contributed by atoms with van der Waals surface area (Å²) in [4.78, 5) is 36.0. The van der Waals surface area contributed by atoms with E-state index in [1.165, 1.54) is 30.3 Å². The molecule has 5 rings (SSSR count). The van der Waals surface area contributed by atoms with Crippen molar-refractivity contribution < 1.29 is 19.4 Å². The number of non-ortho nitro benzene ring substituents is 2. The number of nitrogens with zero attached hydrogens (tertiary/aromatic N) is 5. The van der Waals surface area contributed by atoms with Crippen LogP contribution in [0, 0.1) is 20.2 Å². The van der Waals surface area contributed by atoms with E-state index in [1.54, 1.807) is 12.3 Å². The lowest BCUT2D eigenvalue weighted by Crippen LogP contribution is -2.36. The second-order valence-electron chi connectivity index (χ2n) is 8.63. The maximum atomic E-state index is 12.4. The number of hydrogen-bond acceptors (Lipinski definition) is 9. The third kappa shape index (κ3) is 5.00. The first kappa shape index (κ1) is 24.0. The number of nitrogens with one attached hydrogen (secondary N) is 1. The van der Waals surface area contributed by atoms with Crippen molar-refractivity contribution in [2.45, 2.75) is 12.8 Å². The summed E-state index contributed by atoms with van der Waals surface area (Å²) in [5.41, 5.74) is 4.32. The Kier molecular flexibility index (Phi) is 6.56. The summed E-state index contributed by atoms with van der Waals surface area (Å²) in [7, 11) is 0. The first-order valence-corrected chi connectivity index (χ1v) is 11.6. The zero-order valence-corrected chi connectivity index (χ0v) is 19.6. The standard InChI is InChI=1S/C25H22N6O6/c32-25-23(21-14-20(31(35)36)6-7-22(21)27-25)28-26-15-18-5-4-17(24(18)29-8-10-37-11-9-29)12-16-2-1-3-19(13-16)30(33)34/h1-3,6-7,12-15H,4-5,8-11H2,(H,27,28,32)/b17-12-,26-15?. The summed E-state index contributed by atoms with van der Waals surface area (Å²) in [6, 6.07) is 10.6. The first-order chi connectivity index (χ1) is 17.9. The third-order valence-electron chi connectivity index (χ3n) is 6.32. The van der Waals surface area contributed by atoms with Gasteiger partial charge in [0.25, 0.3) is 17.3 Å². The van der Waals surface area contributed by atoms with Crippen molar-refractivity contribution in [1.82, 2.24) is 4.90 Å². The number of hydrogen-bond donors (Lipinski definition) is 1. The van der Waals surface area contributed by atoms with Gasteiger partial charge >= 0.3 is 0 Å². The molecule has 12 nitrogen and oxygen atoms in total. The van der Waals surface area contributed by atoms with Crippen LogP contribution >= 0.6 is 0 Å². The minimum Gasteiger partial charge on any atom is -0.378 e. The number of ether oxygens (including phenoxy) is 1. The molecule has 1 amide bonds. The van der Waals surface area contributed by atoms with E-state index >= 15 is 0 Å². The van der Waals surface area contributed by atoms with E-state index in [9.17, 15) is 25.0 Å². The van der Waals surface area contributed by atoms with Gasteiger partial charge in [-0.25, -0.2) is 0 Å². The van der Waals surface area contributed by atoms with E-state index in [0.29, 0.717) is 50.4 Å². The van der Waals surface area contributed by atoms with Crippen molar-refractivity contribution in [2.75, 3.05) is 31.6 Å². The number of morpholine rings is 1. The highest BCUT2D eigenvalue weighted by Gasteiger charge is 2.29. The van der Waals surface area contributed by atoms with Gasteiger partial charge in [0.05, 0.1) is 35.0 Å². The number of nitro benzene ring substituents is 2. The summed E-state index contributed by atoms with van der Waals surface area (Å²) in [5.74, 6) is -0.479. The molecule has 0 bridgehead atoms. The molecule has 2 aromatic carbocycles. The van der Waals surface area contributed by atoms with E-state index < -0.39 is 15.8 Å². The van der Waals surface area contributed by atoms with E-state index in [1.807, 2.05) is 12.1 Å². The molecule has 1 N–H and O–H groups in total. The number of anilines is 1. The number of carbonyl (C=O) groups excluding carboxylic acids is 1. The molecular weight excluding hydrogens is 480 g/mol. The minimum absolute atomic E-state index is 0.00818. The Morgan fingerprint density at radius 3 is 2.51 bits per heavy atom. The maximum Gasteiger partial charge on any atom is 0.276 e. The number of nitro groups is 2. The van der Waals surface area contributed by atoms with Crippen LogP contribution in [0.3, 0.4) is 0 Å².